The van der Waals surface area contributed by atoms with Gasteiger partial charge in [-0.1, -0.05) is 12.1 Å². The van der Waals surface area contributed by atoms with Gasteiger partial charge in [0.2, 0.25) is 0 Å². The maximum Gasteiger partial charge on any atom is 0.185 e. The van der Waals surface area contributed by atoms with Gasteiger partial charge < -0.3 is 19.5 Å². The summed E-state index contributed by atoms with van der Waals surface area (Å²) in [6, 6.07) is 12.7. The molecule has 1 N–H and O–H groups in total. The van der Waals surface area contributed by atoms with E-state index in [9.17, 15) is 9.90 Å². The number of carbonyl (C=O) groups excluding carboxylic acids is 1. The summed E-state index contributed by atoms with van der Waals surface area (Å²) in [5.74, 6) is 0.440. The first-order valence-corrected chi connectivity index (χ1v) is 8.78. The number of rotatable bonds is 6. The highest BCUT2D eigenvalue weighted by Crippen LogP contribution is 2.27. The smallest absolute Gasteiger partial charge is 0.185 e. The number of allylic oxidation sites excluding steroid dienone is 1. The number of hydrogen-bond donors (Lipinski definition) is 1. The van der Waals surface area contributed by atoms with E-state index in [2.05, 4.69) is 4.90 Å². The average molecular weight is 353 g/mol. The topological polar surface area (TPSA) is 59.0 Å². The van der Waals surface area contributed by atoms with Gasteiger partial charge >= 0.3 is 0 Å². The fraction of sp³-hybridized carbons (Fsp3) is 0.286. The van der Waals surface area contributed by atoms with Crippen molar-refractivity contribution in [1.29, 1.82) is 0 Å². The molecule has 26 heavy (non-hydrogen) atoms. The van der Waals surface area contributed by atoms with E-state index in [0.29, 0.717) is 17.9 Å². The third kappa shape index (κ3) is 4.43. The van der Waals surface area contributed by atoms with E-state index in [1.165, 1.54) is 6.08 Å². The van der Waals surface area contributed by atoms with Crippen LogP contribution in [0.15, 0.2) is 48.5 Å². The maximum atomic E-state index is 12.4. The summed E-state index contributed by atoms with van der Waals surface area (Å²) in [4.78, 5) is 14.6. The number of aromatic hydroxyl groups is 1. The van der Waals surface area contributed by atoms with Crippen molar-refractivity contribution < 1.29 is 19.4 Å². The van der Waals surface area contributed by atoms with Crippen LogP contribution in [-0.2, 0) is 4.74 Å². The zero-order valence-electron chi connectivity index (χ0n) is 14.9. The summed E-state index contributed by atoms with van der Waals surface area (Å²) in [5.41, 5.74) is 2.54. The second-order valence-electron chi connectivity index (χ2n) is 6.00. The molecule has 0 radical (unpaired) electrons. The lowest BCUT2D eigenvalue weighted by molar-refractivity contribution is 0.104. The van der Waals surface area contributed by atoms with Gasteiger partial charge in [0.1, 0.15) is 0 Å². The largest absolute Gasteiger partial charge is 0.504 e. The molecule has 0 amide bonds. The van der Waals surface area contributed by atoms with Gasteiger partial charge in [-0.2, -0.15) is 0 Å². The summed E-state index contributed by atoms with van der Waals surface area (Å²) in [6.45, 7) is 5.53. The summed E-state index contributed by atoms with van der Waals surface area (Å²) in [5, 5.41) is 9.73. The normalized spacial score (nSPS) is 14.6. The summed E-state index contributed by atoms with van der Waals surface area (Å²) in [6.07, 6.45) is 3.26. The Hall–Kier alpha value is -2.79. The fourth-order valence-electron chi connectivity index (χ4n) is 2.83. The van der Waals surface area contributed by atoms with Crippen LogP contribution < -0.4 is 9.64 Å². The highest BCUT2D eigenvalue weighted by molar-refractivity contribution is 6.07. The SMILES string of the molecule is CCOc1cc(/C=C/C(=O)c2ccc(N3CCOCC3)cc2)ccc1O. The summed E-state index contributed by atoms with van der Waals surface area (Å²) in [7, 11) is 0. The van der Waals surface area contributed by atoms with Crippen LogP contribution >= 0.6 is 0 Å². The number of carbonyl (C=O) groups is 1. The molecule has 0 aliphatic carbocycles. The van der Waals surface area contributed by atoms with E-state index in [-0.39, 0.29) is 11.5 Å². The molecule has 0 spiro atoms. The maximum absolute atomic E-state index is 12.4. The number of benzene rings is 2. The first kappa shape index (κ1) is 18.0. The van der Waals surface area contributed by atoms with Crippen molar-refractivity contribution in [3.05, 3.63) is 59.7 Å². The standard InChI is InChI=1S/C21H23NO4/c1-2-26-21-15-16(4-10-20(21)24)3-9-19(23)17-5-7-18(8-6-17)22-11-13-25-14-12-22/h3-10,15,24H,2,11-14H2,1H3/b9-3+. The Morgan fingerprint density at radius 3 is 2.62 bits per heavy atom. The van der Waals surface area contributed by atoms with E-state index in [1.54, 1.807) is 24.3 Å². The minimum atomic E-state index is -0.0652. The Kier molecular flexibility index (Phi) is 5.92. The van der Waals surface area contributed by atoms with Crippen molar-refractivity contribution in [2.75, 3.05) is 37.8 Å². The van der Waals surface area contributed by atoms with Crippen molar-refractivity contribution in [2.45, 2.75) is 6.92 Å². The first-order valence-electron chi connectivity index (χ1n) is 8.78. The minimum Gasteiger partial charge on any atom is -0.504 e. The second-order valence-corrected chi connectivity index (χ2v) is 6.00. The lowest BCUT2D eigenvalue weighted by Crippen LogP contribution is -2.36. The Bertz CT molecular complexity index is 777. The number of ketones is 1. The van der Waals surface area contributed by atoms with Gasteiger partial charge in [0.05, 0.1) is 19.8 Å². The molecule has 0 atom stereocenters. The molecule has 1 saturated heterocycles. The molecular weight excluding hydrogens is 330 g/mol. The molecule has 0 bridgehead atoms. The van der Waals surface area contributed by atoms with Crippen LogP contribution in [0.2, 0.25) is 0 Å². The Morgan fingerprint density at radius 1 is 1.19 bits per heavy atom. The number of phenols is 1. The first-order chi connectivity index (χ1) is 12.7. The highest BCUT2D eigenvalue weighted by atomic mass is 16.5. The quantitative estimate of drug-likeness (QED) is 0.636. The summed E-state index contributed by atoms with van der Waals surface area (Å²) < 4.78 is 10.7. The zero-order valence-corrected chi connectivity index (χ0v) is 14.9. The van der Waals surface area contributed by atoms with Crippen LogP contribution in [0.3, 0.4) is 0 Å². The van der Waals surface area contributed by atoms with Gasteiger partial charge in [0, 0.05) is 24.3 Å². The van der Waals surface area contributed by atoms with Gasteiger partial charge in [-0.25, -0.2) is 0 Å². The van der Waals surface area contributed by atoms with Crippen LogP contribution in [0.25, 0.3) is 6.08 Å². The van der Waals surface area contributed by atoms with Crippen LogP contribution in [-0.4, -0.2) is 43.8 Å². The number of phenolic OH excluding ortho intramolecular Hbond substituents is 1. The van der Waals surface area contributed by atoms with Crippen LogP contribution in [0.4, 0.5) is 5.69 Å². The molecule has 1 aliphatic heterocycles. The van der Waals surface area contributed by atoms with Crippen LogP contribution in [0.5, 0.6) is 11.5 Å². The number of ether oxygens (including phenoxy) is 2. The molecule has 5 heteroatoms. The third-order valence-electron chi connectivity index (χ3n) is 4.24. The van der Waals surface area contributed by atoms with Crippen molar-refractivity contribution in [3.63, 3.8) is 0 Å². The lowest BCUT2D eigenvalue weighted by atomic mass is 10.1. The van der Waals surface area contributed by atoms with Crippen LogP contribution in [0.1, 0.15) is 22.8 Å². The monoisotopic (exact) mass is 353 g/mol. The molecule has 5 nitrogen and oxygen atoms in total. The van der Waals surface area contributed by atoms with E-state index in [0.717, 1.165) is 37.6 Å². The van der Waals surface area contributed by atoms with Gasteiger partial charge in [0.15, 0.2) is 17.3 Å². The van der Waals surface area contributed by atoms with E-state index >= 15 is 0 Å². The molecule has 0 unspecified atom stereocenters. The average Bonchev–Trinajstić information content (AvgIpc) is 2.69. The summed E-state index contributed by atoms with van der Waals surface area (Å²) >= 11 is 0. The van der Waals surface area contributed by atoms with Gasteiger partial charge in [-0.3, -0.25) is 4.79 Å². The lowest BCUT2D eigenvalue weighted by Gasteiger charge is -2.28. The number of anilines is 1. The van der Waals surface area contributed by atoms with Crippen molar-refractivity contribution in [2.24, 2.45) is 0 Å². The Labute approximate surface area is 153 Å². The van der Waals surface area contributed by atoms with Crippen LogP contribution in [0, 0.1) is 0 Å². The van der Waals surface area contributed by atoms with E-state index in [4.69, 9.17) is 9.47 Å². The molecule has 1 heterocycles. The fourth-order valence-corrected chi connectivity index (χ4v) is 2.83. The predicted molar refractivity (Wildman–Crippen MR) is 102 cm³/mol. The van der Waals surface area contributed by atoms with Crippen molar-refractivity contribution in [1.82, 2.24) is 0 Å². The molecule has 3 rings (SSSR count). The molecule has 2 aromatic rings. The van der Waals surface area contributed by atoms with Gasteiger partial charge in [-0.15, -0.1) is 0 Å². The van der Waals surface area contributed by atoms with Crippen molar-refractivity contribution in [3.8, 4) is 11.5 Å². The second kappa shape index (κ2) is 8.54. The van der Waals surface area contributed by atoms with Gasteiger partial charge in [-0.05, 0) is 55.0 Å². The van der Waals surface area contributed by atoms with E-state index in [1.807, 2.05) is 31.2 Å². The molecular formula is C21H23NO4. The molecule has 1 fully saturated rings. The number of nitrogens with zero attached hydrogens (tertiary/aromatic N) is 1. The Morgan fingerprint density at radius 2 is 1.92 bits per heavy atom. The van der Waals surface area contributed by atoms with E-state index < -0.39 is 0 Å². The zero-order chi connectivity index (χ0) is 18.4. The molecule has 0 saturated carbocycles. The third-order valence-corrected chi connectivity index (χ3v) is 4.24. The minimum absolute atomic E-state index is 0.0652. The molecule has 1 aliphatic rings. The predicted octanol–water partition coefficient (Wildman–Crippen LogP) is 3.52. The van der Waals surface area contributed by atoms with Crippen molar-refractivity contribution >= 4 is 17.5 Å². The molecule has 136 valence electrons. The number of morpholine rings is 1. The molecule has 0 aromatic heterocycles. The molecule has 2 aromatic carbocycles. The van der Waals surface area contributed by atoms with Gasteiger partial charge in [0.25, 0.3) is 0 Å². The number of hydrogen-bond acceptors (Lipinski definition) is 5. The highest BCUT2D eigenvalue weighted by Gasteiger charge is 2.11. The Balaban J connectivity index is 1.67.